The molecule has 3 aromatic rings. The Hall–Kier alpha value is -3.17. The number of amides is 1. The molecule has 1 N–H and O–H groups in total. The lowest BCUT2D eigenvalue weighted by molar-refractivity contribution is -0.146. The van der Waals surface area contributed by atoms with Gasteiger partial charge in [-0.1, -0.05) is 0 Å². The van der Waals surface area contributed by atoms with Crippen LogP contribution in [-0.2, 0) is 11.7 Å². The first-order valence-electron chi connectivity index (χ1n) is 8.00. The summed E-state index contributed by atoms with van der Waals surface area (Å²) >= 11 is 0. The normalized spacial score (nSPS) is 12.2. The average Bonchev–Trinajstić information content (AvgIpc) is 3.24. The Morgan fingerprint density at radius 2 is 1.85 bits per heavy atom. The maximum absolute atomic E-state index is 13.5. The summed E-state index contributed by atoms with van der Waals surface area (Å²) in [4.78, 5) is 16.6. The number of carbonyl (C=O) groups is 1. The highest BCUT2D eigenvalue weighted by Crippen LogP contribution is 2.35. The third-order valence-electron chi connectivity index (χ3n) is 3.66. The van der Waals surface area contributed by atoms with Crippen LogP contribution in [0.4, 0.5) is 18.9 Å². The summed E-state index contributed by atoms with van der Waals surface area (Å²) in [6.45, 7) is 4.73. The predicted octanol–water partition coefficient (Wildman–Crippen LogP) is 3.49. The standard InChI is InChI=1S/C17H17F3N6O/c1-16(2,3)26-14(17(18,19)20)12(10-23-26)15(27)24-11-5-6-13(21-9-11)25-8-4-7-22-25/h4-10H,1-3H3,(H,24,27). The number of rotatable bonds is 3. The van der Waals surface area contributed by atoms with Gasteiger partial charge < -0.3 is 5.32 Å². The number of hydrogen-bond acceptors (Lipinski definition) is 4. The van der Waals surface area contributed by atoms with Crippen LogP contribution < -0.4 is 5.32 Å². The van der Waals surface area contributed by atoms with Gasteiger partial charge in [0.2, 0.25) is 0 Å². The molecule has 0 saturated heterocycles. The first-order chi connectivity index (χ1) is 12.6. The minimum atomic E-state index is -4.72. The van der Waals surface area contributed by atoms with Crippen molar-refractivity contribution in [2.75, 3.05) is 5.32 Å². The zero-order valence-electron chi connectivity index (χ0n) is 14.8. The molecule has 3 rings (SSSR count). The van der Waals surface area contributed by atoms with Crippen LogP contribution in [0.1, 0.15) is 36.8 Å². The molecule has 1 amide bonds. The van der Waals surface area contributed by atoms with Crippen molar-refractivity contribution < 1.29 is 18.0 Å². The third kappa shape index (κ3) is 3.83. The van der Waals surface area contributed by atoms with Crippen LogP contribution in [0.25, 0.3) is 5.82 Å². The van der Waals surface area contributed by atoms with Gasteiger partial charge >= 0.3 is 6.18 Å². The highest BCUT2D eigenvalue weighted by molar-refractivity contribution is 6.05. The van der Waals surface area contributed by atoms with E-state index in [-0.39, 0.29) is 5.69 Å². The van der Waals surface area contributed by atoms with Crippen LogP contribution in [0.3, 0.4) is 0 Å². The van der Waals surface area contributed by atoms with Crippen molar-refractivity contribution in [3.63, 3.8) is 0 Å². The van der Waals surface area contributed by atoms with Crippen molar-refractivity contribution in [1.82, 2.24) is 24.5 Å². The number of nitrogens with zero attached hydrogens (tertiary/aromatic N) is 5. The number of anilines is 1. The summed E-state index contributed by atoms with van der Waals surface area (Å²) in [5.41, 5.74) is -2.31. The summed E-state index contributed by atoms with van der Waals surface area (Å²) in [7, 11) is 0. The Balaban J connectivity index is 1.87. The SMILES string of the molecule is CC(C)(C)n1ncc(C(=O)Nc2ccc(-n3cccn3)nc2)c1C(F)(F)F. The molecule has 0 saturated carbocycles. The van der Waals surface area contributed by atoms with Crippen LogP contribution >= 0.6 is 0 Å². The lowest BCUT2D eigenvalue weighted by atomic mass is 10.1. The molecule has 0 aliphatic heterocycles. The molecule has 0 radical (unpaired) electrons. The van der Waals surface area contributed by atoms with Gasteiger partial charge in [0, 0.05) is 12.4 Å². The first kappa shape index (κ1) is 18.6. The molecule has 0 unspecified atom stereocenters. The van der Waals surface area contributed by atoms with Crippen LogP contribution in [0.2, 0.25) is 0 Å². The van der Waals surface area contributed by atoms with Crippen molar-refractivity contribution >= 4 is 11.6 Å². The Bertz CT molecular complexity index is 937. The quantitative estimate of drug-likeness (QED) is 0.757. The van der Waals surface area contributed by atoms with E-state index in [1.165, 1.54) is 16.9 Å². The smallest absolute Gasteiger partial charge is 0.320 e. The van der Waals surface area contributed by atoms with Crippen molar-refractivity contribution in [1.29, 1.82) is 0 Å². The average molecular weight is 378 g/mol. The molecule has 10 heteroatoms. The molecule has 0 fully saturated rings. The van der Waals surface area contributed by atoms with Crippen molar-refractivity contribution in [3.8, 4) is 5.82 Å². The van der Waals surface area contributed by atoms with E-state index in [2.05, 4.69) is 20.5 Å². The zero-order chi connectivity index (χ0) is 19.8. The van der Waals surface area contributed by atoms with Gasteiger partial charge in [0.05, 0.1) is 29.2 Å². The maximum Gasteiger partial charge on any atom is 0.433 e. The zero-order valence-corrected chi connectivity index (χ0v) is 14.8. The number of carbonyl (C=O) groups excluding carboxylic acids is 1. The van der Waals surface area contributed by atoms with E-state index >= 15 is 0 Å². The highest BCUT2D eigenvalue weighted by Gasteiger charge is 2.42. The highest BCUT2D eigenvalue weighted by atomic mass is 19.4. The van der Waals surface area contributed by atoms with E-state index in [0.29, 0.717) is 5.82 Å². The van der Waals surface area contributed by atoms with E-state index in [1.807, 2.05) is 0 Å². The Kier molecular flexibility index (Phi) is 4.50. The van der Waals surface area contributed by atoms with Gasteiger partial charge in [-0.25, -0.2) is 9.67 Å². The largest absolute Gasteiger partial charge is 0.433 e. The van der Waals surface area contributed by atoms with Gasteiger partial charge in [0.15, 0.2) is 11.5 Å². The summed E-state index contributed by atoms with van der Waals surface area (Å²) < 4.78 is 42.9. The molecular weight excluding hydrogens is 361 g/mol. The monoisotopic (exact) mass is 378 g/mol. The van der Waals surface area contributed by atoms with E-state index in [9.17, 15) is 18.0 Å². The molecule has 7 nitrogen and oxygen atoms in total. The molecule has 27 heavy (non-hydrogen) atoms. The molecule has 0 atom stereocenters. The predicted molar refractivity (Wildman–Crippen MR) is 91.5 cm³/mol. The summed E-state index contributed by atoms with van der Waals surface area (Å²) in [6, 6.07) is 4.85. The van der Waals surface area contributed by atoms with Crippen molar-refractivity contribution in [2.24, 2.45) is 0 Å². The second kappa shape index (κ2) is 6.53. The third-order valence-corrected chi connectivity index (χ3v) is 3.66. The van der Waals surface area contributed by atoms with Gasteiger partial charge in [-0.2, -0.15) is 23.4 Å². The minimum absolute atomic E-state index is 0.257. The van der Waals surface area contributed by atoms with Crippen molar-refractivity contribution in [3.05, 3.63) is 54.2 Å². The molecule has 3 aromatic heterocycles. The molecule has 142 valence electrons. The molecule has 0 bridgehead atoms. The molecule has 0 aromatic carbocycles. The summed E-state index contributed by atoms with van der Waals surface area (Å²) in [5.74, 6) is -0.402. The fraction of sp³-hybridized carbons (Fsp3) is 0.294. The number of aromatic nitrogens is 5. The van der Waals surface area contributed by atoms with Crippen LogP contribution in [0.15, 0.2) is 43.0 Å². The molecule has 0 aliphatic carbocycles. The van der Waals surface area contributed by atoms with Crippen LogP contribution in [-0.4, -0.2) is 30.5 Å². The van der Waals surface area contributed by atoms with Gasteiger partial charge in [-0.05, 0) is 39.0 Å². The summed E-state index contributed by atoms with van der Waals surface area (Å²) in [5, 5.41) is 10.2. The second-order valence-electron chi connectivity index (χ2n) is 6.80. The Morgan fingerprint density at radius 3 is 2.37 bits per heavy atom. The minimum Gasteiger partial charge on any atom is -0.320 e. The first-order valence-corrected chi connectivity index (χ1v) is 8.00. The molecule has 0 aliphatic rings. The number of nitrogens with one attached hydrogen (secondary N) is 1. The van der Waals surface area contributed by atoms with E-state index < -0.39 is 28.9 Å². The van der Waals surface area contributed by atoms with Crippen LogP contribution in [0, 0.1) is 0 Å². The van der Waals surface area contributed by atoms with Gasteiger partial charge in [0.25, 0.3) is 5.91 Å². The van der Waals surface area contributed by atoms with E-state index in [0.717, 1.165) is 10.9 Å². The van der Waals surface area contributed by atoms with E-state index in [4.69, 9.17) is 0 Å². The van der Waals surface area contributed by atoms with Crippen molar-refractivity contribution in [2.45, 2.75) is 32.5 Å². The topological polar surface area (TPSA) is 77.6 Å². The van der Waals surface area contributed by atoms with Gasteiger partial charge in [0.1, 0.15) is 0 Å². The molecule has 3 heterocycles. The second-order valence-corrected chi connectivity index (χ2v) is 6.80. The molecular formula is C17H17F3N6O. The lowest BCUT2D eigenvalue weighted by Crippen LogP contribution is -2.30. The maximum atomic E-state index is 13.5. The number of halogens is 3. The van der Waals surface area contributed by atoms with Gasteiger partial charge in [-0.3, -0.25) is 9.48 Å². The van der Waals surface area contributed by atoms with Crippen LogP contribution in [0.5, 0.6) is 0 Å². The van der Waals surface area contributed by atoms with Gasteiger partial charge in [-0.15, -0.1) is 0 Å². The van der Waals surface area contributed by atoms with E-state index in [1.54, 1.807) is 45.3 Å². The molecule has 0 spiro atoms. The lowest BCUT2D eigenvalue weighted by Gasteiger charge is -2.23. The number of alkyl halides is 3. The Labute approximate surface area is 152 Å². The fourth-order valence-corrected chi connectivity index (χ4v) is 2.49. The summed E-state index contributed by atoms with van der Waals surface area (Å²) in [6.07, 6.45) is 0.823. The Morgan fingerprint density at radius 1 is 1.11 bits per heavy atom. The number of hydrogen-bond donors (Lipinski definition) is 1. The number of pyridine rings is 1. The fourth-order valence-electron chi connectivity index (χ4n) is 2.49.